The van der Waals surface area contributed by atoms with Crippen molar-refractivity contribution in [2.24, 2.45) is 5.92 Å². The van der Waals surface area contributed by atoms with Gasteiger partial charge >= 0.3 is 5.97 Å². The average Bonchev–Trinajstić information content (AvgIpc) is 3.18. The van der Waals surface area contributed by atoms with E-state index in [4.69, 9.17) is 0 Å². The topological polar surface area (TPSA) is 66.4 Å². The summed E-state index contributed by atoms with van der Waals surface area (Å²) in [6.07, 6.45) is 6.04. The van der Waals surface area contributed by atoms with Gasteiger partial charge in [-0.3, -0.25) is 4.79 Å². The molecule has 0 radical (unpaired) electrons. The van der Waals surface area contributed by atoms with Gasteiger partial charge < -0.3 is 10.4 Å². The van der Waals surface area contributed by atoms with Gasteiger partial charge in [0.1, 0.15) is 5.54 Å². The molecule has 0 saturated heterocycles. The molecule has 1 atom stereocenters. The Morgan fingerprint density at radius 3 is 2.70 bits per heavy atom. The van der Waals surface area contributed by atoms with E-state index in [0.29, 0.717) is 5.56 Å². The van der Waals surface area contributed by atoms with Gasteiger partial charge in [-0.2, -0.15) is 0 Å². The molecule has 5 heteroatoms. The monoisotopic (exact) mass is 293 g/mol. The van der Waals surface area contributed by atoms with Gasteiger partial charge in [-0.05, 0) is 56.9 Å². The molecule has 0 bridgehead atoms. The molecule has 2 aliphatic carbocycles. The molecule has 2 aliphatic rings. The number of nitrogens with one attached hydrogen (secondary N) is 1. The second kappa shape index (κ2) is 4.88. The van der Waals surface area contributed by atoms with Gasteiger partial charge in [-0.1, -0.05) is 0 Å². The van der Waals surface area contributed by atoms with E-state index in [1.807, 2.05) is 5.38 Å². The van der Waals surface area contributed by atoms with Crippen LogP contribution >= 0.6 is 11.3 Å². The highest BCUT2D eigenvalue weighted by atomic mass is 32.1. The van der Waals surface area contributed by atoms with Gasteiger partial charge in [0.15, 0.2) is 0 Å². The highest BCUT2D eigenvalue weighted by Crippen LogP contribution is 2.40. The number of hydrogen-bond donors (Lipinski definition) is 2. The van der Waals surface area contributed by atoms with E-state index in [1.54, 1.807) is 18.3 Å². The van der Waals surface area contributed by atoms with Crippen LogP contribution in [0.4, 0.5) is 0 Å². The Bertz CT molecular complexity index is 561. The van der Waals surface area contributed by atoms with Crippen molar-refractivity contribution in [3.63, 3.8) is 0 Å². The average molecular weight is 293 g/mol. The lowest BCUT2D eigenvalue weighted by Crippen LogP contribution is -2.54. The van der Waals surface area contributed by atoms with Gasteiger partial charge in [0, 0.05) is 10.3 Å². The Hall–Kier alpha value is -1.36. The first-order valence-electron chi connectivity index (χ1n) is 7.17. The van der Waals surface area contributed by atoms with Gasteiger partial charge in [0.2, 0.25) is 0 Å². The number of aryl methyl sites for hydroxylation is 1. The maximum atomic E-state index is 12.5. The maximum Gasteiger partial charge on any atom is 0.329 e. The normalized spacial score (nSPS) is 20.9. The molecule has 108 valence electrons. The van der Waals surface area contributed by atoms with Crippen molar-refractivity contribution in [2.75, 3.05) is 0 Å². The third kappa shape index (κ3) is 2.24. The van der Waals surface area contributed by atoms with Gasteiger partial charge in [0.25, 0.3) is 5.91 Å². The zero-order valence-corrected chi connectivity index (χ0v) is 12.4. The quantitative estimate of drug-likeness (QED) is 0.896. The van der Waals surface area contributed by atoms with Crippen molar-refractivity contribution in [1.82, 2.24) is 5.32 Å². The van der Waals surface area contributed by atoms with Crippen LogP contribution in [0.1, 0.15) is 53.4 Å². The summed E-state index contributed by atoms with van der Waals surface area (Å²) in [5.41, 5.74) is 0.709. The molecule has 1 aromatic heterocycles. The Balaban J connectivity index is 1.82. The lowest BCUT2D eigenvalue weighted by Gasteiger charge is -2.26. The van der Waals surface area contributed by atoms with Crippen LogP contribution in [0.5, 0.6) is 0 Å². The number of aliphatic carboxylic acids is 1. The fourth-order valence-electron chi connectivity index (χ4n) is 2.98. The van der Waals surface area contributed by atoms with E-state index < -0.39 is 11.5 Å². The van der Waals surface area contributed by atoms with Crippen molar-refractivity contribution in [3.8, 4) is 0 Å². The number of carboxylic acid groups (broad SMARTS) is 1. The first-order valence-corrected chi connectivity index (χ1v) is 8.05. The Morgan fingerprint density at radius 1 is 1.35 bits per heavy atom. The summed E-state index contributed by atoms with van der Waals surface area (Å²) in [5.74, 6) is -1.09. The third-order valence-electron chi connectivity index (χ3n) is 4.52. The minimum atomic E-state index is -1.12. The Labute approximate surface area is 122 Å². The number of fused-ring (bicyclic) bond motifs is 1. The van der Waals surface area contributed by atoms with Crippen molar-refractivity contribution in [1.29, 1.82) is 0 Å². The number of carboxylic acids is 1. The smallest absolute Gasteiger partial charge is 0.329 e. The fraction of sp³-hybridized carbons (Fsp3) is 0.600. The lowest BCUT2D eigenvalue weighted by atomic mass is 9.93. The van der Waals surface area contributed by atoms with E-state index >= 15 is 0 Å². The lowest BCUT2D eigenvalue weighted by molar-refractivity contribution is -0.144. The largest absolute Gasteiger partial charge is 0.480 e. The van der Waals surface area contributed by atoms with Crippen molar-refractivity contribution < 1.29 is 14.7 Å². The molecule has 1 aromatic rings. The molecular weight excluding hydrogens is 274 g/mol. The molecule has 0 aromatic carbocycles. The molecule has 1 amide bonds. The molecule has 0 aliphatic heterocycles. The van der Waals surface area contributed by atoms with E-state index in [0.717, 1.165) is 37.7 Å². The second-order valence-electron chi connectivity index (χ2n) is 5.99. The summed E-state index contributed by atoms with van der Waals surface area (Å²) in [6, 6.07) is 0. The molecule has 4 nitrogen and oxygen atoms in total. The molecule has 1 saturated carbocycles. The van der Waals surface area contributed by atoms with Crippen LogP contribution in [0, 0.1) is 5.92 Å². The Morgan fingerprint density at radius 2 is 2.05 bits per heavy atom. The maximum absolute atomic E-state index is 12.5. The van der Waals surface area contributed by atoms with Gasteiger partial charge in [-0.25, -0.2) is 4.79 Å². The summed E-state index contributed by atoms with van der Waals surface area (Å²) < 4.78 is 0. The van der Waals surface area contributed by atoms with Crippen LogP contribution in [0.2, 0.25) is 0 Å². The highest BCUT2D eigenvalue weighted by Gasteiger charge is 2.48. The minimum absolute atomic E-state index is 0.0680. The van der Waals surface area contributed by atoms with E-state index in [-0.39, 0.29) is 11.8 Å². The summed E-state index contributed by atoms with van der Waals surface area (Å²) >= 11 is 1.63. The Kier molecular flexibility index (Phi) is 3.32. The zero-order valence-electron chi connectivity index (χ0n) is 11.6. The van der Waals surface area contributed by atoms with Crippen LogP contribution in [-0.4, -0.2) is 22.5 Å². The highest BCUT2D eigenvalue weighted by molar-refractivity contribution is 7.10. The molecule has 1 unspecified atom stereocenters. The van der Waals surface area contributed by atoms with Crippen LogP contribution in [-0.2, 0) is 17.6 Å². The number of rotatable bonds is 4. The zero-order chi connectivity index (χ0) is 14.3. The molecular formula is C15H19NO3S. The first-order chi connectivity index (χ1) is 9.52. The molecule has 1 heterocycles. The van der Waals surface area contributed by atoms with Crippen molar-refractivity contribution in [3.05, 3.63) is 21.4 Å². The number of carbonyl (C=O) groups is 2. The molecule has 20 heavy (non-hydrogen) atoms. The summed E-state index contributed by atoms with van der Waals surface area (Å²) in [6.45, 7) is 1.63. The third-order valence-corrected chi connectivity index (χ3v) is 5.61. The minimum Gasteiger partial charge on any atom is -0.480 e. The number of carbonyl (C=O) groups excluding carboxylic acids is 1. The SMILES string of the molecule is CC(NC(=O)c1csc2c1CCCC2)(C(=O)O)C1CC1. The molecule has 1 fully saturated rings. The number of thiophene rings is 1. The van der Waals surface area contributed by atoms with Gasteiger partial charge in [-0.15, -0.1) is 11.3 Å². The number of amides is 1. The van der Waals surface area contributed by atoms with E-state index in [9.17, 15) is 14.7 Å². The van der Waals surface area contributed by atoms with Crippen LogP contribution in [0.25, 0.3) is 0 Å². The fourth-order valence-corrected chi connectivity index (χ4v) is 4.10. The first kappa shape index (κ1) is 13.6. The summed E-state index contributed by atoms with van der Waals surface area (Å²) in [7, 11) is 0. The standard InChI is InChI=1S/C15H19NO3S/c1-15(14(18)19,9-6-7-9)16-13(17)11-8-20-12-5-3-2-4-10(11)12/h8-9H,2-7H2,1H3,(H,16,17)(H,18,19). The van der Waals surface area contributed by atoms with Crippen molar-refractivity contribution in [2.45, 2.75) is 51.0 Å². The van der Waals surface area contributed by atoms with Gasteiger partial charge in [0.05, 0.1) is 5.56 Å². The summed E-state index contributed by atoms with van der Waals surface area (Å²) in [5, 5.41) is 14.1. The van der Waals surface area contributed by atoms with E-state index in [2.05, 4.69) is 5.32 Å². The molecule has 3 rings (SSSR count). The van der Waals surface area contributed by atoms with Crippen molar-refractivity contribution >= 4 is 23.2 Å². The predicted octanol–water partition coefficient (Wildman–Crippen LogP) is 2.61. The summed E-state index contributed by atoms with van der Waals surface area (Å²) in [4.78, 5) is 25.2. The van der Waals surface area contributed by atoms with Crippen LogP contribution in [0.3, 0.4) is 0 Å². The molecule has 2 N–H and O–H groups in total. The second-order valence-corrected chi connectivity index (χ2v) is 6.96. The van der Waals surface area contributed by atoms with Crippen LogP contribution < -0.4 is 5.32 Å². The molecule has 0 spiro atoms. The number of hydrogen-bond acceptors (Lipinski definition) is 3. The van der Waals surface area contributed by atoms with E-state index in [1.165, 1.54) is 11.3 Å². The predicted molar refractivity (Wildman–Crippen MR) is 77.2 cm³/mol. The van der Waals surface area contributed by atoms with Crippen LogP contribution in [0.15, 0.2) is 5.38 Å².